The molecule has 0 saturated heterocycles. The SMILES string of the molecule is C#CC.C#CCNSc1ccc(N(/N=C(\CC)CCN)C2=CCCC(/C=C\C(=C/C)NC(=O)c3ccccc3Cl)=C2)cc1. The van der Waals surface area contributed by atoms with Gasteiger partial charge in [-0.1, -0.05) is 54.8 Å². The Bertz CT molecular complexity index is 1440. The van der Waals surface area contributed by atoms with Gasteiger partial charge in [-0.05, 0) is 112 Å². The van der Waals surface area contributed by atoms with E-state index in [2.05, 4.69) is 71.6 Å². The Morgan fingerprint density at radius 3 is 2.56 bits per heavy atom. The van der Waals surface area contributed by atoms with Crippen molar-refractivity contribution in [3.63, 3.8) is 0 Å². The molecule has 0 fully saturated rings. The Hall–Kier alpha value is -3.98. The summed E-state index contributed by atoms with van der Waals surface area (Å²) in [5.74, 6) is 4.58. The zero-order chi connectivity index (χ0) is 31.5. The molecule has 8 heteroatoms. The molecule has 0 bridgehead atoms. The number of hydrazone groups is 1. The van der Waals surface area contributed by atoms with Gasteiger partial charge in [-0.25, -0.2) is 9.73 Å². The lowest BCUT2D eigenvalue weighted by Gasteiger charge is -2.25. The van der Waals surface area contributed by atoms with E-state index in [-0.39, 0.29) is 5.91 Å². The molecule has 0 spiro atoms. The first-order valence-electron chi connectivity index (χ1n) is 14.1. The van der Waals surface area contributed by atoms with E-state index < -0.39 is 0 Å². The van der Waals surface area contributed by atoms with Gasteiger partial charge in [-0.2, -0.15) is 5.10 Å². The number of carbonyl (C=O) groups excluding carboxylic acids is 1. The van der Waals surface area contributed by atoms with Gasteiger partial charge in [0.1, 0.15) is 0 Å². The van der Waals surface area contributed by atoms with E-state index in [9.17, 15) is 4.79 Å². The highest BCUT2D eigenvalue weighted by molar-refractivity contribution is 7.97. The first-order chi connectivity index (χ1) is 20.9. The van der Waals surface area contributed by atoms with Crippen molar-refractivity contribution < 1.29 is 4.79 Å². The van der Waals surface area contributed by atoms with Crippen molar-refractivity contribution in [1.29, 1.82) is 0 Å². The summed E-state index contributed by atoms with van der Waals surface area (Å²) in [4.78, 5) is 13.8. The Labute approximate surface area is 266 Å². The van der Waals surface area contributed by atoms with Crippen molar-refractivity contribution in [3.8, 4) is 24.7 Å². The summed E-state index contributed by atoms with van der Waals surface area (Å²) in [6, 6.07) is 15.2. The monoisotopic (exact) mass is 613 g/mol. The number of hydrogen-bond acceptors (Lipinski definition) is 6. The molecule has 4 N–H and O–H groups in total. The minimum absolute atomic E-state index is 0.245. The molecule has 224 valence electrons. The topological polar surface area (TPSA) is 82.8 Å². The van der Waals surface area contributed by atoms with Gasteiger partial charge in [0, 0.05) is 16.3 Å². The number of terminal acetylenes is 2. The van der Waals surface area contributed by atoms with Crippen molar-refractivity contribution >= 4 is 40.9 Å². The fourth-order valence-electron chi connectivity index (χ4n) is 3.92. The van der Waals surface area contributed by atoms with Gasteiger partial charge in [0.15, 0.2) is 0 Å². The predicted octanol–water partition coefficient (Wildman–Crippen LogP) is 7.62. The molecule has 0 saturated carbocycles. The molecule has 0 unspecified atom stereocenters. The standard InChI is InChI=1S/C32H36ClN5OS.C3H4/c1-4-22-35-40-29-18-16-27(17-19-29)38(37-26(6-3)20-21-34)28-11-9-10-24(23-28)14-15-25(5-2)36-32(39)30-12-7-8-13-31(30)33;1-3-2/h1,5,7-8,11-19,23,35H,6,9-10,20-22,34H2,2-3H3,(H,36,39);1H,2H3/b15-14-,25-5+,37-26+;. The van der Waals surface area contributed by atoms with Crippen LogP contribution in [0.15, 0.2) is 106 Å². The molecular weight excluding hydrogens is 574 g/mol. The molecule has 0 aromatic heterocycles. The fraction of sp³-hybridized carbons (Fsp3) is 0.257. The molecule has 0 atom stereocenters. The molecule has 0 radical (unpaired) electrons. The second-order valence-electron chi connectivity index (χ2n) is 9.18. The molecular formula is C35H40ClN5OS. The second-order valence-corrected chi connectivity index (χ2v) is 10.5. The average molecular weight is 614 g/mol. The third kappa shape index (κ3) is 12.0. The quantitative estimate of drug-likeness (QED) is 0.0540. The first-order valence-corrected chi connectivity index (χ1v) is 15.3. The van der Waals surface area contributed by atoms with Crippen LogP contribution in [0.1, 0.15) is 56.8 Å². The van der Waals surface area contributed by atoms with Crippen molar-refractivity contribution in [3.05, 3.63) is 106 Å². The largest absolute Gasteiger partial charge is 0.330 e. The summed E-state index contributed by atoms with van der Waals surface area (Å²) in [5, 5.41) is 10.4. The lowest BCUT2D eigenvalue weighted by Crippen LogP contribution is -2.22. The molecule has 43 heavy (non-hydrogen) atoms. The van der Waals surface area contributed by atoms with Crippen LogP contribution in [0, 0.1) is 24.7 Å². The number of anilines is 1. The number of nitrogens with one attached hydrogen (secondary N) is 2. The number of nitrogens with two attached hydrogens (primary N) is 1. The number of nitrogens with zero attached hydrogens (tertiary/aromatic N) is 2. The van der Waals surface area contributed by atoms with E-state index in [1.54, 1.807) is 31.2 Å². The number of hydrogen-bond donors (Lipinski definition) is 3. The maximum atomic E-state index is 12.7. The smallest absolute Gasteiger partial charge is 0.257 e. The Kier molecular flexibility index (Phi) is 16.4. The van der Waals surface area contributed by atoms with Gasteiger partial charge in [0.25, 0.3) is 5.91 Å². The molecule has 2 aromatic rings. The number of amides is 1. The van der Waals surface area contributed by atoms with Crippen LogP contribution in [0.2, 0.25) is 5.02 Å². The van der Waals surface area contributed by atoms with E-state index >= 15 is 0 Å². The molecule has 0 heterocycles. The maximum absolute atomic E-state index is 12.7. The van der Waals surface area contributed by atoms with Crippen molar-refractivity contribution in [2.75, 3.05) is 18.1 Å². The van der Waals surface area contributed by atoms with E-state index in [0.29, 0.717) is 29.4 Å². The summed E-state index contributed by atoms with van der Waals surface area (Å²) in [6.45, 7) is 6.68. The van der Waals surface area contributed by atoms with Crippen LogP contribution in [-0.2, 0) is 0 Å². The number of halogens is 1. The Morgan fingerprint density at radius 2 is 1.93 bits per heavy atom. The third-order valence-corrected chi connectivity index (χ3v) is 7.18. The van der Waals surface area contributed by atoms with Crippen LogP contribution in [-0.4, -0.2) is 24.7 Å². The summed E-state index contributed by atoms with van der Waals surface area (Å²) in [6.07, 6.45) is 23.4. The molecule has 1 aliphatic carbocycles. The first kappa shape index (κ1) is 35.2. The highest BCUT2D eigenvalue weighted by Gasteiger charge is 2.15. The zero-order valence-corrected chi connectivity index (χ0v) is 26.6. The lowest BCUT2D eigenvalue weighted by molar-refractivity contribution is 0.0967. The van der Waals surface area contributed by atoms with Crippen LogP contribution >= 0.6 is 23.5 Å². The molecule has 0 aliphatic heterocycles. The number of rotatable bonds is 13. The van der Waals surface area contributed by atoms with Crippen LogP contribution in [0.4, 0.5) is 5.69 Å². The Morgan fingerprint density at radius 1 is 1.21 bits per heavy atom. The summed E-state index contributed by atoms with van der Waals surface area (Å²) >= 11 is 7.70. The Balaban J connectivity index is 0.00000206. The van der Waals surface area contributed by atoms with Crippen LogP contribution < -0.4 is 20.8 Å². The molecule has 1 aliphatic rings. The second kappa shape index (κ2) is 20.0. The predicted molar refractivity (Wildman–Crippen MR) is 185 cm³/mol. The van der Waals surface area contributed by atoms with Crippen LogP contribution in [0.3, 0.4) is 0 Å². The van der Waals surface area contributed by atoms with Gasteiger partial charge in [0.05, 0.1) is 28.5 Å². The maximum Gasteiger partial charge on any atom is 0.257 e. The van der Waals surface area contributed by atoms with Gasteiger partial charge < -0.3 is 11.1 Å². The van der Waals surface area contributed by atoms with Crippen molar-refractivity contribution in [1.82, 2.24) is 10.0 Å². The lowest BCUT2D eigenvalue weighted by atomic mass is 10.0. The zero-order valence-electron chi connectivity index (χ0n) is 25.1. The van der Waals surface area contributed by atoms with Crippen LogP contribution in [0.25, 0.3) is 0 Å². The number of carbonyl (C=O) groups is 1. The molecule has 2 aromatic carbocycles. The molecule has 3 rings (SSSR count). The van der Waals surface area contributed by atoms with E-state index in [4.69, 9.17) is 28.9 Å². The van der Waals surface area contributed by atoms with Gasteiger partial charge in [0.2, 0.25) is 0 Å². The van der Waals surface area contributed by atoms with Crippen molar-refractivity contribution in [2.45, 2.75) is 51.3 Å². The van der Waals surface area contributed by atoms with E-state index in [1.165, 1.54) is 11.9 Å². The van der Waals surface area contributed by atoms with Crippen LogP contribution in [0.5, 0.6) is 0 Å². The fourth-order valence-corrected chi connectivity index (χ4v) is 4.74. The van der Waals surface area contributed by atoms with Gasteiger partial charge >= 0.3 is 0 Å². The minimum atomic E-state index is -0.245. The molecule has 6 nitrogen and oxygen atoms in total. The summed E-state index contributed by atoms with van der Waals surface area (Å²) in [7, 11) is 0. The van der Waals surface area contributed by atoms with Gasteiger partial charge in [-0.15, -0.1) is 18.8 Å². The summed E-state index contributed by atoms with van der Waals surface area (Å²) in [5.41, 5.74) is 11.1. The minimum Gasteiger partial charge on any atom is -0.330 e. The molecule has 1 amide bonds. The van der Waals surface area contributed by atoms with E-state index in [1.807, 2.05) is 30.2 Å². The highest BCUT2D eigenvalue weighted by atomic mass is 35.5. The summed E-state index contributed by atoms with van der Waals surface area (Å²) < 4.78 is 3.14. The number of benzene rings is 2. The average Bonchev–Trinajstić information content (AvgIpc) is 3.02. The van der Waals surface area contributed by atoms with Crippen molar-refractivity contribution in [2.24, 2.45) is 10.8 Å². The highest BCUT2D eigenvalue weighted by Crippen LogP contribution is 2.29. The third-order valence-electron chi connectivity index (χ3n) is 6.06. The van der Waals surface area contributed by atoms with Gasteiger partial charge in [-0.3, -0.25) is 4.79 Å². The number of allylic oxidation sites excluding steroid dienone is 6. The van der Waals surface area contributed by atoms with E-state index in [0.717, 1.165) is 53.2 Å². The normalized spacial score (nSPS) is 13.2.